The Morgan fingerprint density at radius 2 is 2.25 bits per heavy atom. The summed E-state index contributed by atoms with van der Waals surface area (Å²) in [6.07, 6.45) is 2.57. The molecule has 1 amide bonds. The van der Waals surface area contributed by atoms with Gasteiger partial charge in [-0.3, -0.25) is 19.6 Å². The smallest absolute Gasteiger partial charge is 0.304 e. The van der Waals surface area contributed by atoms with Gasteiger partial charge in [0, 0.05) is 18.3 Å². The summed E-state index contributed by atoms with van der Waals surface area (Å²) in [4.78, 5) is 25.1. The second-order valence-corrected chi connectivity index (χ2v) is 5.81. The maximum absolute atomic E-state index is 13.5. The van der Waals surface area contributed by atoms with Crippen molar-refractivity contribution in [2.75, 3.05) is 4.90 Å². The number of fused-ring (bicyclic) bond motifs is 1. The molecule has 1 aromatic heterocycles. The molecule has 2 heterocycles. The van der Waals surface area contributed by atoms with Gasteiger partial charge in [0.1, 0.15) is 12.0 Å². The van der Waals surface area contributed by atoms with Crippen LogP contribution in [0.25, 0.3) is 0 Å². The van der Waals surface area contributed by atoms with E-state index in [-0.39, 0.29) is 23.2 Å². The zero-order chi connectivity index (χ0) is 17.4. The van der Waals surface area contributed by atoms with Crippen LogP contribution in [0.5, 0.6) is 0 Å². The number of anilines is 1. The minimum Gasteiger partial charge on any atom is -0.304 e. The molecular formula is C16H17FN4O3. The van der Waals surface area contributed by atoms with Crippen molar-refractivity contribution in [1.82, 2.24) is 9.78 Å². The van der Waals surface area contributed by atoms with Gasteiger partial charge in [-0.05, 0) is 50.5 Å². The third-order valence-corrected chi connectivity index (χ3v) is 4.26. The maximum atomic E-state index is 13.5. The van der Waals surface area contributed by atoms with Gasteiger partial charge in [0.25, 0.3) is 5.91 Å². The highest BCUT2D eigenvalue weighted by Crippen LogP contribution is 2.33. The Morgan fingerprint density at radius 3 is 2.92 bits per heavy atom. The van der Waals surface area contributed by atoms with Crippen molar-refractivity contribution in [1.29, 1.82) is 0 Å². The van der Waals surface area contributed by atoms with E-state index in [1.165, 1.54) is 27.9 Å². The van der Waals surface area contributed by atoms with Gasteiger partial charge < -0.3 is 4.90 Å². The maximum Gasteiger partial charge on any atom is 0.320 e. The van der Waals surface area contributed by atoms with Crippen LogP contribution in [0.1, 0.15) is 36.3 Å². The monoisotopic (exact) mass is 332 g/mol. The van der Waals surface area contributed by atoms with Gasteiger partial charge in [-0.15, -0.1) is 0 Å². The van der Waals surface area contributed by atoms with E-state index in [0.29, 0.717) is 25.1 Å². The van der Waals surface area contributed by atoms with Gasteiger partial charge in [-0.2, -0.15) is 5.10 Å². The summed E-state index contributed by atoms with van der Waals surface area (Å²) in [5, 5.41) is 15.3. The molecule has 2 aromatic rings. The number of rotatable bonds is 3. The number of nitrogens with zero attached hydrogens (tertiary/aromatic N) is 4. The average Bonchev–Trinajstić information content (AvgIpc) is 2.99. The molecule has 1 aliphatic heterocycles. The second-order valence-electron chi connectivity index (χ2n) is 5.81. The number of hydrogen-bond donors (Lipinski definition) is 0. The molecule has 126 valence electrons. The Kier molecular flexibility index (Phi) is 4.04. The molecule has 1 aliphatic rings. The van der Waals surface area contributed by atoms with Crippen LogP contribution in [0.2, 0.25) is 0 Å². The minimum absolute atomic E-state index is 0.151. The summed E-state index contributed by atoms with van der Waals surface area (Å²) in [5.41, 5.74) is 0.800. The Balaban J connectivity index is 2.07. The number of carbonyl (C=O) groups is 1. The molecule has 0 bridgehead atoms. The van der Waals surface area contributed by atoms with Crippen LogP contribution in [0, 0.1) is 15.9 Å². The number of carbonyl (C=O) groups excluding carboxylic acids is 1. The van der Waals surface area contributed by atoms with E-state index in [0.717, 1.165) is 5.56 Å². The normalized spacial score (nSPS) is 16.8. The molecule has 3 rings (SSSR count). The van der Waals surface area contributed by atoms with E-state index in [9.17, 15) is 19.3 Å². The zero-order valence-electron chi connectivity index (χ0n) is 13.4. The van der Waals surface area contributed by atoms with Gasteiger partial charge in [0.05, 0.1) is 4.92 Å². The summed E-state index contributed by atoms with van der Waals surface area (Å²) < 4.78 is 14.8. The lowest BCUT2D eigenvalue weighted by Gasteiger charge is -2.34. The number of benzene rings is 1. The second kappa shape index (κ2) is 6.03. The highest BCUT2D eigenvalue weighted by Gasteiger charge is 2.35. The van der Waals surface area contributed by atoms with E-state index in [2.05, 4.69) is 5.10 Å². The van der Waals surface area contributed by atoms with Crippen molar-refractivity contribution >= 4 is 17.3 Å². The van der Waals surface area contributed by atoms with Gasteiger partial charge in [-0.1, -0.05) is 0 Å². The SMILES string of the molecule is CCn1cc([N+](=O)[O-])c(C(=O)N2c3ccc(F)cc3CC[C@@H]2C)n1. The molecule has 0 saturated carbocycles. The topological polar surface area (TPSA) is 81.3 Å². The summed E-state index contributed by atoms with van der Waals surface area (Å²) in [7, 11) is 0. The van der Waals surface area contributed by atoms with Crippen LogP contribution >= 0.6 is 0 Å². The molecule has 0 aliphatic carbocycles. The van der Waals surface area contributed by atoms with Gasteiger partial charge >= 0.3 is 5.69 Å². The standard InChI is InChI=1S/C16H17FN4O3/c1-3-19-9-14(21(23)24)15(18-19)16(22)20-10(2)4-5-11-8-12(17)6-7-13(11)20/h6-10H,3-5H2,1-2H3/t10-/m0/s1. The molecule has 8 heteroatoms. The van der Waals surface area contributed by atoms with Crippen LogP contribution in [0.15, 0.2) is 24.4 Å². The molecule has 0 fully saturated rings. The van der Waals surface area contributed by atoms with Crippen LogP contribution < -0.4 is 4.90 Å². The number of aryl methyl sites for hydroxylation is 2. The van der Waals surface area contributed by atoms with Gasteiger partial charge in [0.2, 0.25) is 5.69 Å². The van der Waals surface area contributed by atoms with E-state index in [1.54, 1.807) is 13.0 Å². The average molecular weight is 332 g/mol. The number of aromatic nitrogens is 2. The summed E-state index contributed by atoms with van der Waals surface area (Å²) in [6.45, 7) is 4.07. The third kappa shape index (κ3) is 2.64. The number of hydrogen-bond acceptors (Lipinski definition) is 4. The lowest BCUT2D eigenvalue weighted by molar-refractivity contribution is -0.385. The molecule has 1 atom stereocenters. The van der Waals surface area contributed by atoms with Crippen molar-refractivity contribution < 1.29 is 14.1 Å². The van der Waals surface area contributed by atoms with Crippen molar-refractivity contribution in [2.24, 2.45) is 0 Å². The Hall–Kier alpha value is -2.77. The van der Waals surface area contributed by atoms with E-state index >= 15 is 0 Å². The molecule has 0 N–H and O–H groups in total. The molecular weight excluding hydrogens is 315 g/mol. The van der Waals surface area contributed by atoms with E-state index in [4.69, 9.17) is 0 Å². The largest absolute Gasteiger partial charge is 0.320 e. The van der Waals surface area contributed by atoms with Crippen molar-refractivity contribution in [2.45, 2.75) is 39.3 Å². The van der Waals surface area contributed by atoms with Crippen molar-refractivity contribution in [3.05, 3.63) is 51.6 Å². The van der Waals surface area contributed by atoms with Crippen LogP contribution in [0.4, 0.5) is 15.8 Å². The highest BCUT2D eigenvalue weighted by atomic mass is 19.1. The Bertz CT molecular complexity index is 818. The van der Waals surface area contributed by atoms with Crippen molar-refractivity contribution in [3.8, 4) is 0 Å². The Labute approximate surface area is 137 Å². The molecule has 7 nitrogen and oxygen atoms in total. The molecule has 0 spiro atoms. The summed E-state index contributed by atoms with van der Waals surface area (Å²) in [6, 6.07) is 4.08. The first-order valence-corrected chi connectivity index (χ1v) is 7.76. The van der Waals surface area contributed by atoms with E-state index < -0.39 is 10.8 Å². The molecule has 0 saturated heterocycles. The van der Waals surface area contributed by atoms with Crippen LogP contribution in [-0.2, 0) is 13.0 Å². The molecule has 0 radical (unpaired) electrons. The van der Waals surface area contributed by atoms with Gasteiger partial charge in [-0.25, -0.2) is 4.39 Å². The van der Waals surface area contributed by atoms with Gasteiger partial charge in [0.15, 0.2) is 0 Å². The Morgan fingerprint density at radius 1 is 1.50 bits per heavy atom. The highest BCUT2D eigenvalue weighted by molar-refractivity contribution is 6.08. The fourth-order valence-electron chi connectivity index (χ4n) is 3.00. The quantitative estimate of drug-likeness (QED) is 0.639. The number of nitro groups is 1. The fraction of sp³-hybridized carbons (Fsp3) is 0.375. The predicted molar refractivity (Wildman–Crippen MR) is 85.5 cm³/mol. The minimum atomic E-state index is -0.605. The summed E-state index contributed by atoms with van der Waals surface area (Å²) >= 11 is 0. The van der Waals surface area contributed by atoms with Crippen LogP contribution in [0.3, 0.4) is 0 Å². The number of amides is 1. The summed E-state index contributed by atoms with van der Waals surface area (Å²) in [5.74, 6) is -0.897. The third-order valence-electron chi connectivity index (χ3n) is 4.26. The predicted octanol–water partition coefficient (Wildman–Crippen LogP) is 2.93. The fourth-order valence-corrected chi connectivity index (χ4v) is 3.00. The van der Waals surface area contributed by atoms with E-state index in [1.807, 2.05) is 6.92 Å². The van der Waals surface area contributed by atoms with Crippen LogP contribution in [-0.4, -0.2) is 26.7 Å². The first-order chi connectivity index (χ1) is 11.4. The van der Waals surface area contributed by atoms with Crippen molar-refractivity contribution in [3.63, 3.8) is 0 Å². The molecule has 1 aromatic carbocycles. The number of halogens is 1. The first-order valence-electron chi connectivity index (χ1n) is 7.76. The molecule has 24 heavy (non-hydrogen) atoms. The lowest BCUT2D eigenvalue weighted by Crippen LogP contribution is -2.42. The zero-order valence-corrected chi connectivity index (χ0v) is 13.4. The molecule has 0 unspecified atom stereocenters. The lowest BCUT2D eigenvalue weighted by atomic mass is 9.96. The first kappa shape index (κ1) is 16.1.